The number of rotatable bonds is 3. The molecule has 1 N–H and O–H groups in total. The minimum absolute atomic E-state index is 0.0386. The Balaban J connectivity index is 1.76. The van der Waals surface area contributed by atoms with Crippen LogP contribution in [0.1, 0.15) is 27.9 Å². The normalized spacial score (nSPS) is 20.3. The molecule has 4 nitrogen and oxygen atoms in total. The first kappa shape index (κ1) is 14.5. The first-order valence-electron chi connectivity index (χ1n) is 7.17. The number of esters is 1. The van der Waals surface area contributed by atoms with E-state index in [2.05, 4.69) is 0 Å². The van der Waals surface area contributed by atoms with Gasteiger partial charge in [0.2, 0.25) is 11.4 Å². The van der Waals surface area contributed by atoms with E-state index >= 15 is 0 Å². The van der Waals surface area contributed by atoms with Crippen LogP contribution in [0.2, 0.25) is 0 Å². The maximum Gasteiger partial charge on any atom is 0.346 e. The number of Topliss-reactive ketones (excluding diaryl/α,β-unsaturated/α-hetero) is 1. The van der Waals surface area contributed by atoms with E-state index in [1.807, 2.05) is 42.5 Å². The molecule has 0 unspecified atom stereocenters. The van der Waals surface area contributed by atoms with Crippen molar-refractivity contribution < 1.29 is 19.4 Å². The summed E-state index contributed by atoms with van der Waals surface area (Å²) in [6.45, 7) is 0.0386. The predicted octanol–water partition coefficient (Wildman–Crippen LogP) is 2.29. The van der Waals surface area contributed by atoms with Gasteiger partial charge in [0.05, 0.1) is 0 Å². The first-order chi connectivity index (χ1) is 10.6. The molecule has 0 radical (unpaired) electrons. The van der Waals surface area contributed by atoms with Gasteiger partial charge in [-0.3, -0.25) is 4.79 Å². The molecule has 3 rings (SSSR count). The maximum atomic E-state index is 12.4. The molecule has 0 aromatic heterocycles. The molecule has 0 bridgehead atoms. The SMILES string of the molecule is O=C(OCc1ccccc1)[C@]1(O)CCc2ccccc2C1=O. The second-order valence-electron chi connectivity index (χ2n) is 5.41. The lowest BCUT2D eigenvalue weighted by molar-refractivity contribution is -0.162. The summed E-state index contributed by atoms with van der Waals surface area (Å²) in [5, 5.41) is 10.5. The predicted molar refractivity (Wildman–Crippen MR) is 80.3 cm³/mol. The zero-order valence-electron chi connectivity index (χ0n) is 12.0. The van der Waals surface area contributed by atoms with Crippen LogP contribution in [0.3, 0.4) is 0 Å². The monoisotopic (exact) mass is 296 g/mol. The Morgan fingerprint density at radius 1 is 1.09 bits per heavy atom. The second-order valence-corrected chi connectivity index (χ2v) is 5.41. The van der Waals surface area contributed by atoms with E-state index in [-0.39, 0.29) is 13.0 Å². The summed E-state index contributed by atoms with van der Waals surface area (Å²) < 4.78 is 5.15. The molecule has 22 heavy (non-hydrogen) atoms. The Morgan fingerprint density at radius 3 is 2.55 bits per heavy atom. The zero-order chi connectivity index (χ0) is 15.6. The fourth-order valence-corrected chi connectivity index (χ4v) is 2.65. The number of fused-ring (bicyclic) bond motifs is 1. The Bertz CT molecular complexity index is 708. The van der Waals surface area contributed by atoms with E-state index in [0.717, 1.165) is 11.1 Å². The van der Waals surface area contributed by atoms with Gasteiger partial charge in [-0.1, -0.05) is 54.6 Å². The summed E-state index contributed by atoms with van der Waals surface area (Å²) in [4.78, 5) is 24.7. The molecule has 0 saturated heterocycles. The van der Waals surface area contributed by atoms with Crippen LogP contribution in [0.25, 0.3) is 0 Å². The van der Waals surface area contributed by atoms with Crippen molar-refractivity contribution in [2.45, 2.75) is 25.0 Å². The highest BCUT2D eigenvalue weighted by molar-refractivity contribution is 6.16. The second kappa shape index (κ2) is 5.73. The lowest BCUT2D eigenvalue weighted by Crippen LogP contribution is -2.50. The van der Waals surface area contributed by atoms with E-state index in [4.69, 9.17) is 4.74 Å². The largest absolute Gasteiger partial charge is 0.458 e. The Kier molecular flexibility index (Phi) is 3.77. The van der Waals surface area contributed by atoms with Crippen LogP contribution in [-0.4, -0.2) is 22.5 Å². The van der Waals surface area contributed by atoms with Crippen molar-refractivity contribution in [2.75, 3.05) is 0 Å². The summed E-state index contributed by atoms with van der Waals surface area (Å²) in [6, 6.07) is 16.2. The molecule has 1 aliphatic carbocycles. The fraction of sp³-hybridized carbons (Fsp3) is 0.222. The summed E-state index contributed by atoms with van der Waals surface area (Å²) in [6.07, 6.45) is 0.523. The quantitative estimate of drug-likeness (QED) is 0.697. The number of carbonyl (C=O) groups is 2. The molecular formula is C18H16O4. The molecule has 1 atom stereocenters. The molecule has 2 aromatic rings. The van der Waals surface area contributed by atoms with E-state index in [9.17, 15) is 14.7 Å². The minimum atomic E-state index is -2.08. The van der Waals surface area contributed by atoms with Crippen molar-refractivity contribution >= 4 is 11.8 Å². The van der Waals surface area contributed by atoms with Crippen molar-refractivity contribution in [3.63, 3.8) is 0 Å². The molecule has 0 spiro atoms. The summed E-state index contributed by atoms with van der Waals surface area (Å²) in [7, 11) is 0. The number of ether oxygens (including phenoxy) is 1. The highest BCUT2D eigenvalue weighted by Gasteiger charge is 2.48. The van der Waals surface area contributed by atoms with Gasteiger partial charge in [0.1, 0.15) is 6.61 Å². The molecule has 0 saturated carbocycles. The van der Waals surface area contributed by atoms with Gasteiger partial charge >= 0.3 is 5.97 Å². The third-order valence-corrected chi connectivity index (χ3v) is 3.94. The van der Waals surface area contributed by atoms with Gasteiger partial charge in [-0.25, -0.2) is 4.79 Å². The Labute approximate surface area is 128 Å². The highest BCUT2D eigenvalue weighted by Crippen LogP contribution is 2.30. The zero-order valence-corrected chi connectivity index (χ0v) is 12.0. The third-order valence-electron chi connectivity index (χ3n) is 3.94. The smallest absolute Gasteiger partial charge is 0.346 e. The molecule has 4 heteroatoms. The minimum Gasteiger partial charge on any atom is -0.458 e. The van der Waals surface area contributed by atoms with Crippen LogP contribution in [0.4, 0.5) is 0 Å². The topological polar surface area (TPSA) is 63.6 Å². The first-order valence-corrected chi connectivity index (χ1v) is 7.17. The van der Waals surface area contributed by atoms with Crippen LogP contribution >= 0.6 is 0 Å². The number of benzene rings is 2. The number of hydrogen-bond donors (Lipinski definition) is 1. The highest BCUT2D eigenvalue weighted by atomic mass is 16.6. The summed E-state index contributed by atoms with van der Waals surface area (Å²) in [5.74, 6) is -1.46. The van der Waals surface area contributed by atoms with Gasteiger partial charge in [0.25, 0.3) is 0 Å². The number of ketones is 1. The fourth-order valence-electron chi connectivity index (χ4n) is 2.65. The summed E-state index contributed by atoms with van der Waals surface area (Å²) in [5.41, 5.74) is -0.0209. The Hall–Kier alpha value is -2.46. The maximum absolute atomic E-state index is 12.4. The van der Waals surface area contributed by atoms with Crippen molar-refractivity contribution in [1.29, 1.82) is 0 Å². The molecule has 112 valence electrons. The number of carbonyl (C=O) groups excluding carboxylic acids is 2. The van der Waals surface area contributed by atoms with Crippen molar-refractivity contribution in [2.24, 2.45) is 0 Å². The van der Waals surface area contributed by atoms with Crippen molar-refractivity contribution in [3.05, 3.63) is 71.3 Å². The average Bonchev–Trinajstić information content (AvgIpc) is 2.57. The molecule has 0 fully saturated rings. The lowest BCUT2D eigenvalue weighted by Gasteiger charge is -2.29. The van der Waals surface area contributed by atoms with E-state index in [1.54, 1.807) is 12.1 Å². The van der Waals surface area contributed by atoms with E-state index in [0.29, 0.717) is 12.0 Å². The average molecular weight is 296 g/mol. The van der Waals surface area contributed by atoms with Gasteiger partial charge in [0.15, 0.2) is 0 Å². The lowest BCUT2D eigenvalue weighted by atomic mass is 9.79. The molecule has 1 aliphatic rings. The van der Waals surface area contributed by atoms with Crippen LogP contribution < -0.4 is 0 Å². The molecule has 0 aliphatic heterocycles. The standard InChI is InChI=1S/C18H16O4/c19-16-15-9-5-4-8-14(15)10-11-18(16,21)17(20)22-12-13-6-2-1-3-7-13/h1-9,21H,10-12H2/t18-/m0/s1. The van der Waals surface area contributed by atoms with E-state index in [1.165, 1.54) is 0 Å². The van der Waals surface area contributed by atoms with Crippen LogP contribution in [0, 0.1) is 0 Å². The molecular weight excluding hydrogens is 280 g/mol. The van der Waals surface area contributed by atoms with Crippen LogP contribution in [0.5, 0.6) is 0 Å². The number of aliphatic hydroxyl groups is 1. The van der Waals surface area contributed by atoms with Crippen molar-refractivity contribution in [3.8, 4) is 0 Å². The molecule has 0 amide bonds. The number of aryl methyl sites for hydroxylation is 1. The Morgan fingerprint density at radius 2 is 1.77 bits per heavy atom. The van der Waals surface area contributed by atoms with Crippen LogP contribution in [-0.2, 0) is 22.6 Å². The van der Waals surface area contributed by atoms with Gasteiger partial charge in [-0.05, 0) is 24.0 Å². The van der Waals surface area contributed by atoms with Gasteiger partial charge in [-0.15, -0.1) is 0 Å². The van der Waals surface area contributed by atoms with E-state index < -0.39 is 17.4 Å². The van der Waals surface area contributed by atoms with Gasteiger partial charge in [0, 0.05) is 5.56 Å². The van der Waals surface area contributed by atoms with Gasteiger partial charge in [-0.2, -0.15) is 0 Å². The molecule has 2 aromatic carbocycles. The summed E-state index contributed by atoms with van der Waals surface area (Å²) >= 11 is 0. The molecule has 0 heterocycles. The van der Waals surface area contributed by atoms with Gasteiger partial charge < -0.3 is 9.84 Å². The third kappa shape index (κ3) is 2.53. The number of hydrogen-bond acceptors (Lipinski definition) is 4. The van der Waals surface area contributed by atoms with Crippen molar-refractivity contribution in [1.82, 2.24) is 0 Å². The van der Waals surface area contributed by atoms with Crippen LogP contribution in [0.15, 0.2) is 54.6 Å².